The zero-order valence-electron chi connectivity index (χ0n) is 14.7. The zero-order valence-corrected chi connectivity index (χ0v) is 14.7. The van der Waals surface area contributed by atoms with Crippen LogP contribution in [-0.2, 0) is 9.31 Å². The Morgan fingerprint density at radius 1 is 1.09 bits per heavy atom. The molecule has 0 spiro atoms. The number of benzene rings is 1. The van der Waals surface area contributed by atoms with Crippen molar-refractivity contribution in [2.24, 2.45) is 0 Å². The minimum absolute atomic E-state index is 0.0226. The fourth-order valence-corrected chi connectivity index (χ4v) is 2.98. The van der Waals surface area contributed by atoms with Gasteiger partial charge in [-0.2, -0.15) is 0 Å². The smallest absolute Gasteiger partial charge is 0.399 e. The van der Waals surface area contributed by atoms with Crippen LogP contribution in [-0.4, -0.2) is 29.8 Å². The number of hydrogen-bond acceptors (Lipinski definition) is 3. The van der Waals surface area contributed by atoms with Crippen molar-refractivity contribution in [3.63, 3.8) is 0 Å². The van der Waals surface area contributed by atoms with Gasteiger partial charge in [-0.05, 0) is 71.5 Å². The molecule has 124 valence electrons. The van der Waals surface area contributed by atoms with E-state index in [4.69, 9.17) is 9.31 Å². The van der Waals surface area contributed by atoms with Crippen LogP contribution in [0.1, 0.15) is 64.2 Å². The molecule has 23 heavy (non-hydrogen) atoms. The van der Waals surface area contributed by atoms with Gasteiger partial charge in [-0.1, -0.05) is 12.1 Å². The standard InChI is InChI=1S/C18H26BNO3/c1-16(2)17(3,4)23-19(22-16)14-9-6-8-13(12-14)15(21)20-18(5)10-7-11-18/h6,8-9,12H,7,10-11H2,1-5H3,(H,20,21). The van der Waals surface area contributed by atoms with Gasteiger partial charge < -0.3 is 14.6 Å². The first-order valence-electron chi connectivity index (χ1n) is 8.40. The Hall–Kier alpha value is -1.33. The van der Waals surface area contributed by atoms with Crippen LogP contribution >= 0.6 is 0 Å². The molecular weight excluding hydrogens is 289 g/mol. The van der Waals surface area contributed by atoms with Crippen LogP contribution in [0.2, 0.25) is 0 Å². The molecule has 0 radical (unpaired) electrons. The number of hydrogen-bond donors (Lipinski definition) is 1. The van der Waals surface area contributed by atoms with Crippen LogP contribution in [0.5, 0.6) is 0 Å². The minimum atomic E-state index is -0.438. The molecule has 2 aliphatic rings. The summed E-state index contributed by atoms with van der Waals surface area (Å²) in [5.41, 5.74) is 0.739. The third-order valence-electron chi connectivity index (χ3n) is 5.55. The summed E-state index contributed by atoms with van der Waals surface area (Å²) < 4.78 is 12.1. The zero-order chi connectivity index (χ0) is 16.9. The highest BCUT2D eigenvalue weighted by atomic mass is 16.7. The average molecular weight is 315 g/mol. The summed E-state index contributed by atoms with van der Waals surface area (Å²) in [5, 5.41) is 3.14. The van der Waals surface area contributed by atoms with Gasteiger partial charge in [-0.3, -0.25) is 4.79 Å². The van der Waals surface area contributed by atoms with E-state index >= 15 is 0 Å². The molecule has 0 aromatic heterocycles. The summed E-state index contributed by atoms with van der Waals surface area (Å²) >= 11 is 0. The lowest BCUT2D eigenvalue weighted by molar-refractivity contribution is 0.00578. The van der Waals surface area contributed by atoms with Gasteiger partial charge in [0.2, 0.25) is 0 Å². The minimum Gasteiger partial charge on any atom is -0.399 e. The molecule has 0 unspecified atom stereocenters. The highest BCUT2D eigenvalue weighted by molar-refractivity contribution is 6.62. The molecule has 1 saturated carbocycles. The predicted molar refractivity (Wildman–Crippen MR) is 91.9 cm³/mol. The van der Waals surface area contributed by atoms with Crippen molar-refractivity contribution in [3.8, 4) is 0 Å². The largest absolute Gasteiger partial charge is 0.494 e. The SMILES string of the molecule is CC1(NC(=O)c2cccc(B3OC(C)(C)C(C)(C)O3)c2)CCC1. The fraction of sp³-hybridized carbons (Fsp3) is 0.611. The number of nitrogens with one attached hydrogen (secondary N) is 1. The summed E-state index contributed by atoms with van der Waals surface area (Å²) in [7, 11) is -0.438. The summed E-state index contributed by atoms with van der Waals surface area (Å²) in [4.78, 5) is 12.5. The van der Waals surface area contributed by atoms with Crippen molar-refractivity contribution < 1.29 is 14.1 Å². The highest BCUT2D eigenvalue weighted by Crippen LogP contribution is 2.36. The second-order valence-corrected chi connectivity index (χ2v) is 8.08. The normalized spacial score (nSPS) is 24.1. The van der Waals surface area contributed by atoms with Crippen molar-refractivity contribution in [3.05, 3.63) is 29.8 Å². The summed E-state index contributed by atoms with van der Waals surface area (Å²) in [5.74, 6) is -0.0226. The van der Waals surface area contributed by atoms with E-state index in [-0.39, 0.29) is 22.6 Å². The first kappa shape index (κ1) is 16.5. The molecule has 4 nitrogen and oxygen atoms in total. The first-order chi connectivity index (χ1) is 10.6. The quantitative estimate of drug-likeness (QED) is 0.873. The maximum absolute atomic E-state index is 12.5. The predicted octanol–water partition coefficient (Wildman–Crippen LogP) is 2.66. The summed E-state index contributed by atoms with van der Waals surface area (Å²) in [6.45, 7) is 10.2. The molecule has 0 atom stereocenters. The average Bonchev–Trinajstić information content (AvgIpc) is 2.66. The molecule has 1 aliphatic heterocycles. The topological polar surface area (TPSA) is 47.6 Å². The van der Waals surface area contributed by atoms with Gasteiger partial charge in [-0.25, -0.2) is 0 Å². The molecular formula is C18H26BNO3. The van der Waals surface area contributed by atoms with Crippen LogP contribution in [0.3, 0.4) is 0 Å². The van der Waals surface area contributed by atoms with E-state index < -0.39 is 7.12 Å². The van der Waals surface area contributed by atoms with E-state index in [9.17, 15) is 4.79 Å². The van der Waals surface area contributed by atoms with Crippen molar-refractivity contribution in [1.29, 1.82) is 0 Å². The van der Waals surface area contributed by atoms with E-state index in [0.717, 1.165) is 18.3 Å². The lowest BCUT2D eigenvalue weighted by atomic mass is 9.77. The lowest BCUT2D eigenvalue weighted by Crippen LogP contribution is -2.51. The Labute approximate surface area is 139 Å². The molecule has 5 heteroatoms. The molecule has 3 rings (SSSR count). The van der Waals surface area contributed by atoms with Gasteiger partial charge >= 0.3 is 7.12 Å². The van der Waals surface area contributed by atoms with Crippen molar-refractivity contribution in [2.45, 2.75) is 70.6 Å². The van der Waals surface area contributed by atoms with Gasteiger partial charge in [0.15, 0.2) is 0 Å². The Morgan fingerprint density at radius 3 is 2.22 bits per heavy atom. The molecule has 1 amide bonds. The molecule has 1 aliphatic carbocycles. The Kier molecular flexibility index (Phi) is 3.85. The van der Waals surface area contributed by atoms with Crippen molar-refractivity contribution >= 4 is 18.5 Å². The molecule has 1 saturated heterocycles. The van der Waals surface area contributed by atoms with Crippen LogP contribution in [0.4, 0.5) is 0 Å². The second-order valence-electron chi connectivity index (χ2n) is 8.08. The van der Waals surface area contributed by atoms with E-state index in [1.54, 1.807) is 0 Å². The van der Waals surface area contributed by atoms with Gasteiger partial charge in [0.1, 0.15) is 0 Å². The van der Waals surface area contributed by atoms with Gasteiger partial charge in [0.25, 0.3) is 5.91 Å². The van der Waals surface area contributed by atoms with Crippen LogP contribution in [0, 0.1) is 0 Å². The van der Waals surface area contributed by atoms with Crippen molar-refractivity contribution in [2.75, 3.05) is 0 Å². The highest BCUT2D eigenvalue weighted by Gasteiger charge is 2.51. The first-order valence-corrected chi connectivity index (χ1v) is 8.40. The Morgan fingerprint density at radius 2 is 1.70 bits per heavy atom. The fourth-order valence-electron chi connectivity index (χ4n) is 2.98. The summed E-state index contributed by atoms with van der Waals surface area (Å²) in [6, 6.07) is 7.55. The number of rotatable bonds is 3. The summed E-state index contributed by atoms with van der Waals surface area (Å²) in [6.07, 6.45) is 3.29. The third-order valence-corrected chi connectivity index (χ3v) is 5.55. The number of amides is 1. The lowest BCUT2D eigenvalue weighted by Gasteiger charge is -2.39. The van der Waals surface area contributed by atoms with Crippen molar-refractivity contribution in [1.82, 2.24) is 5.32 Å². The Bertz CT molecular complexity index is 606. The van der Waals surface area contributed by atoms with E-state index in [1.165, 1.54) is 6.42 Å². The Balaban J connectivity index is 1.77. The van der Waals surface area contributed by atoms with E-state index in [2.05, 4.69) is 12.2 Å². The van der Waals surface area contributed by atoms with Gasteiger partial charge in [0.05, 0.1) is 11.2 Å². The van der Waals surface area contributed by atoms with E-state index in [0.29, 0.717) is 5.56 Å². The van der Waals surface area contributed by atoms with E-state index in [1.807, 2.05) is 52.0 Å². The van der Waals surface area contributed by atoms with Gasteiger partial charge in [-0.15, -0.1) is 0 Å². The number of carbonyl (C=O) groups is 1. The second kappa shape index (κ2) is 5.35. The number of carbonyl (C=O) groups excluding carboxylic acids is 1. The molecule has 1 aromatic carbocycles. The van der Waals surface area contributed by atoms with Crippen LogP contribution in [0.15, 0.2) is 24.3 Å². The third kappa shape index (κ3) is 3.04. The maximum atomic E-state index is 12.5. The van der Waals surface area contributed by atoms with Crippen LogP contribution in [0.25, 0.3) is 0 Å². The molecule has 2 fully saturated rings. The van der Waals surface area contributed by atoms with Gasteiger partial charge in [0, 0.05) is 11.1 Å². The van der Waals surface area contributed by atoms with Crippen LogP contribution < -0.4 is 10.8 Å². The molecule has 1 aromatic rings. The molecule has 1 N–H and O–H groups in total. The monoisotopic (exact) mass is 315 g/mol. The molecule has 1 heterocycles. The maximum Gasteiger partial charge on any atom is 0.494 e. The molecule has 0 bridgehead atoms.